The SMILES string of the molecule is OC1(CN2CCCC2)CCN(Cc2sccc2Cl)CC1. The number of rotatable bonds is 4. The minimum Gasteiger partial charge on any atom is -0.388 e. The van der Waals surface area contributed by atoms with E-state index in [-0.39, 0.29) is 0 Å². The molecule has 0 unspecified atom stereocenters. The highest BCUT2D eigenvalue weighted by molar-refractivity contribution is 7.10. The number of piperidine rings is 1. The van der Waals surface area contributed by atoms with Gasteiger partial charge in [0.1, 0.15) is 0 Å². The van der Waals surface area contributed by atoms with Crippen LogP contribution in [0.4, 0.5) is 0 Å². The Morgan fingerprint density at radius 2 is 1.85 bits per heavy atom. The summed E-state index contributed by atoms with van der Waals surface area (Å²) in [4.78, 5) is 6.08. The number of likely N-dealkylation sites (tertiary alicyclic amines) is 2. The lowest BCUT2D eigenvalue weighted by Gasteiger charge is -2.40. The Hall–Kier alpha value is -0.130. The van der Waals surface area contributed by atoms with Crippen LogP contribution in [-0.2, 0) is 6.54 Å². The minimum absolute atomic E-state index is 0.472. The summed E-state index contributed by atoms with van der Waals surface area (Å²) >= 11 is 7.88. The van der Waals surface area contributed by atoms with Gasteiger partial charge in [0.25, 0.3) is 0 Å². The van der Waals surface area contributed by atoms with Gasteiger partial charge in [0.2, 0.25) is 0 Å². The van der Waals surface area contributed by atoms with E-state index in [1.165, 1.54) is 17.7 Å². The molecule has 3 rings (SSSR count). The van der Waals surface area contributed by atoms with Gasteiger partial charge in [0.15, 0.2) is 0 Å². The molecule has 0 atom stereocenters. The second kappa shape index (κ2) is 6.32. The molecule has 0 aromatic carbocycles. The zero-order valence-corrected chi connectivity index (χ0v) is 13.4. The second-order valence-corrected chi connectivity index (χ2v) is 7.58. The van der Waals surface area contributed by atoms with Crippen LogP contribution in [0.5, 0.6) is 0 Å². The Balaban J connectivity index is 1.49. The highest BCUT2D eigenvalue weighted by Gasteiger charge is 2.34. The first-order valence-corrected chi connectivity index (χ1v) is 8.79. The zero-order valence-electron chi connectivity index (χ0n) is 11.9. The van der Waals surface area contributed by atoms with Gasteiger partial charge in [0.05, 0.1) is 10.6 Å². The summed E-state index contributed by atoms with van der Waals surface area (Å²) in [7, 11) is 0. The van der Waals surface area contributed by atoms with Gasteiger partial charge >= 0.3 is 0 Å². The van der Waals surface area contributed by atoms with Crippen LogP contribution in [0.2, 0.25) is 5.02 Å². The predicted molar refractivity (Wildman–Crippen MR) is 84.5 cm³/mol. The maximum absolute atomic E-state index is 10.7. The number of nitrogens with zero attached hydrogens (tertiary/aromatic N) is 2. The molecule has 1 aromatic rings. The lowest BCUT2D eigenvalue weighted by molar-refractivity contribution is -0.0428. The topological polar surface area (TPSA) is 26.7 Å². The number of halogens is 1. The van der Waals surface area contributed by atoms with Crippen molar-refractivity contribution in [2.45, 2.75) is 37.8 Å². The van der Waals surface area contributed by atoms with E-state index in [9.17, 15) is 5.11 Å². The van der Waals surface area contributed by atoms with Crippen molar-refractivity contribution in [2.75, 3.05) is 32.7 Å². The summed E-state index contributed by atoms with van der Waals surface area (Å²) in [5.41, 5.74) is -0.472. The van der Waals surface area contributed by atoms with Crippen LogP contribution in [0.25, 0.3) is 0 Å². The van der Waals surface area contributed by atoms with Crippen molar-refractivity contribution < 1.29 is 5.11 Å². The molecule has 3 nitrogen and oxygen atoms in total. The molecule has 0 amide bonds. The molecule has 2 saturated heterocycles. The smallest absolute Gasteiger partial charge is 0.0798 e. The van der Waals surface area contributed by atoms with Crippen molar-refractivity contribution in [2.24, 2.45) is 0 Å². The Kier molecular flexibility index (Phi) is 4.68. The maximum atomic E-state index is 10.7. The minimum atomic E-state index is -0.472. The molecule has 0 saturated carbocycles. The summed E-state index contributed by atoms with van der Waals surface area (Å²) < 4.78 is 0. The van der Waals surface area contributed by atoms with Crippen LogP contribution in [0.3, 0.4) is 0 Å². The van der Waals surface area contributed by atoms with Crippen molar-refractivity contribution in [3.63, 3.8) is 0 Å². The Bertz CT molecular complexity index is 437. The fourth-order valence-corrected chi connectivity index (χ4v) is 4.42. The summed E-state index contributed by atoms with van der Waals surface area (Å²) in [6.07, 6.45) is 4.34. The van der Waals surface area contributed by atoms with Gasteiger partial charge in [-0.15, -0.1) is 11.3 Å². The monoisotopic (exact) mass is 314 g/mol. The van der Waals surface area contributed by atoms with E-state index >= 15 is 0 Å². The summed E-state index contributed by atoms with van der Waals surface area (Å²) in [5, 5.41) is 13.7. The average Bonchev–Trinajstić information content (AvgIpc) is 3.05. The third-order valence-electron chi connectivity index (χ3n) is 4.56. The normalized spacial score (nSPS) is 24.3. The lowest BCUT2D eigenvalue weighted by Crippen LogP contribution is -2.50. The second-order valence-electron chi connectivity index (χ2n) is 6.18. The van der Waals surface area contributed by atoms with E-state index in [1.54, 1.807) is 11.3 Å². The van der Waals surface area contributed by atoms with Gasteiger partial charge in [-0.25, -0.2) is 0 Å². The van der Waals surface area contributed by atoms with Crippen LogP contribution in [0, 0.1) is 0 Å². The molecule has 0 radical (unpaired) electrons. The maximum Gasteiger partial charge on any atom is 0.0798 e. The molecule has 0 spiro atoms. The van der Waals surface area contributed by atoms with Crippen LogP contribution >= 0.6 is 22.9 Å². The third kappa shape index (κ3) is 3.55. The summed E-state index contributed by atoms with van der Waals surface area (Å²) in [6.45, 7) is 6.06. The molecular formula is C15H23ClN2OS. The molecule has 2 aliphatic heterocycles. The van der Waals surface area contributed by atoms with Crippen molar-refractivity contribution in [1.82, 2.24) is 9.80 Å². The van der Waals surface area contributed by atoms with Gasteiger partial charge in [-0.2, -0.15) is 0 Å². The number of aliphatic hydroxyl groups is 1. The van der Waals surface area contributed by atoms with Crippen molar-refractivity contribution in [3.8, 4) is 0 Å². The van der Waals surface area contributed by atoms with E-state index in [2.05, 4.69) is 9.80 Å². The van der Waals surface area contributed by atoms with E-state index in [0.717, 1.165) is 57.1 Å². The average molecular weight is 315 g/mol. The molecule has 2 aliphatic rings. The van der Waals surface area contributed by atoms with Gasteiger partial charge in [0, 0.05) is 31.1 Å². The Labute approximate surface area is 130 Å². The van der Waals surface area contributed by atoms with Crippen molar-refractivity contribution in [1.29, 1.82) is 0 Å². The molecule has 112 valence electrons. The number of hydrogen-bond donors (Lipinski definition) is 1. The quantitative estimate of drug-likeness (QED) is 0.926. The molecule has 0 bridgehead atoms. The van der Waals surface area contributed by atoms with E-state index < -0.39 is 5.60 Å². The Morgan fingerprint density at radius 3 is 2.45 bits per heavy atom. The van der Waals surface area contributed by atoms with E-state index in [1.807, 2.05) is 11.4 Å². The highest BCUT2D eigenvalue weighted by atomic mass is 35.5. The third-order valence-corrected chi connectivity index (χ3v) is 5.93. The number of thiophene rings is 1. The van der Waals surface area contributed by atoms with Gasteiger partial charge < -0.3 is 10.0 Å². The largest absolute Gasteiger partial charge is 0.388 e. The molecule has 2 fully saturated rings. The van der Waals surface area contributed by atoms with Crippen LogP contribution in [0.1, 0.15) is 30.6 Å². The molecule has 3 heterocycles. The fourth-order valence-electron chi connectivity index (χ4n) is 3.28. The van der Waals surface area contributed by atoms with Crippen molar-refractivity contribution >= 4 is 22.9 Å². The lowest BCUT2D eigenvalue weighted by atomic mass is 9.91. The van der Waals surface area contributed by atoms with Crippen LogP contribution in [-0.4, -0.2) is 53.2 Å². The number of hydrogen-bond acceptors (Lipinski definition) is 4. The standard InChI is InChI=1S/C15H23ClN2OS/c16-13-3-10-20-14(13)11-17-8-4-15(19,5-9-17)12-18-6-1-2-7-18/h3,10,19H,1-2,4-9,11-12H2. The molecule has 1 aromatic heterocycles. The van der Waals surface area contributed by atoms with Crippen LogP contribution < -0.4 is 0 Å². The number of β-amino-alcohol motifs (C(OH)–C–C–N with tert-alkyl or cyclic N) is 1. The van der Waals surface area contributed by atoms with Gasteiger partial charge in [-0.1, -0.05) is 11.6 Å². The van der Waals surface area contributed by atoms with Gasteiger partial charge in [-0.3, -0.25) is 4.90 Å². The highest BCUT2D eigenvalue weighted by Crippen LogP contribution is 2.28. The van der Waals surface area contributed by atoms with E-state index in [0.29, 0.717) is 0 Å². The predicted octanol–water partition coefficient (Wildman–Crippen LogP) is 2.82. The zero-order chi connectivity index (χ0) is 14.0. The first kappa shape index (κ1) is 14.8. The molecule has 0 aliphatic carbocycles. The fraction of sp³-hybridized carbons (Fsp3) is 0.733. The molecular weight excluding hydrogens is 292 g/mol. The molecule has 5 heteroatoms. The molecule has 1 N–H and O–H groups in total. The van der Waals surface area contributed by atoms with Crippen molar-refractivity contribution in [3.05, 3.63) is 21.3 Å². The first-order chi connectivity index (χ1) is 9.65. The summed E-state index contributed by atoms with van der Waals surface area (Å²) in [6, 6.07) is 1.97. The Morgan fingerprint density at radius 1 is 1.15 bits per heavy atom. The van der Waals surface area contributed by atoms with E-state index in [4.69, 9.17) is 11.6 Å². The molecule has 20 heavy (non-hydrogen) atoms. The summed E-state index contributed by atoms with van der Waals surface area (Å²) in [5.74, 6) is 0. The van der Waals surface area contributed by atoms with Gasteiger partial charge in [-0.05, 0) is 50.2 Å². The van der Waals surface area contributed by atoms with Crippen LogP contribution in [0.15, 0.2) is 11.4 Å². The first-order valence-electron chi connectivity index (χ1n) is 7.54.